The highest BCUT2D eigenvalue weighted by Crippen LogP contribution is 2.68. The smallest absolute Gasteiger partial charge is 0.305 e. The molecule has 4 nitrogen and oxygen atoms in total. The van der Waals surface area contributed by atoms with Crippen LogP contribution in [0.4, 0.5) is 0 Å². The summed E-state index contributed by atoms with van der Waals surface area (Å²) in [6.07, 6.45) is 9.77. The Morgan fingerprint density at radius 3 is 2.41 bits per heavy atom. The average Bonchev–Trinajstić information content (AvgIpc) is 3.05. The molecule has 0 aromatic carbocycles. The van der Waals surface area contributed by atoms with E-state index in [4.69, 9.17) is 4.74 Å². The Morgan fingerprint density at radius 2 is 1.69 bits per heavy atom. The summed E-state index contributed by atoms with van der Waals surface area (Å²) in [6, 6.07) is 0. The Labute approximate surface area is 176 Å². The first-order chi connectivity index (χ1) is 13.7. The van der Waals surface area contributed by atoms with E-state index in [9.17, 15) is 15.0 Å². The van der Waals surface area contributed by atoms with Crippen molar-refractivity contribution in [2.45, 2.75) is 97.2 Å². The minimum absolute atomic E-state index is 0.0888. The van der Waals surface area contributed by atoms with Crippen molar-refractivity contribution >= 4 is 5.97 Å². The van der Waals surface area contributed by atoms with Gasteiger partial charge in [0.1, 0.15) is 0 Å². The molecule has 4 heteroatoms. The number of rotatable bonds is 4. The van der Waals surface area contributed by atoms with Gasteiger partial charge in [-0.25, -0.2) is 0 Å². The van der Waals surface area contributed by atoms with Gasteiger partial charge >= 0.3 is 5.97 Å². The number of carbonyl (C=O) groups is 1. The minimum Gasteiger partial charge on any atom is -0.469 e. The lowest BCUT2D eigenvalue weighted by Gasteiger charge is -2.62. The molecule has 4 saturated carbocycles. The van der Waals surface area contributed by atoms with Crippen LogP contribution in [-0.2, 0) is 9.53 Å². The fourth-order valence-corrected chi connectivity index (χ4v) is 8.90. The number of aliphatic hydroxyl groups is 2. The van der Waals surface area contributed by atoms with Gasteiger partial charge in [-0.15, -0.1) is 0 Å². The van der Waals surface area contributed by atoms with Crippen molar-refractivity contribution < 1.29 is 19.7 Å². The van der Waals surface area contributed by atoms with Crippen molar-refractivity contribution in [1.29, 1.82) is 0 Å². The van der Waals surface area contributed by atoms with E-state index in [0.29, 0.717) is 41.4 Å². The third-order valence-electron chi connectivity index (χ3n) is 10.4. The Kier molecular flexibility index (Phi) is 5.83. The molecule has 0 aromatic rings. The van der Waals surface area contributed by atoms with E-state index in [1.807, 2.05) is 0 Å². The first kappa shape index (κ1) is 21.6. The molecule has 0 aromatic heterocycles. The van der Waals surface area contributed by atoms with Crippen LogP contribution in [0.15, 0.2) is 0 Å². The van der Waals surface area contributed by atoms with Crippen molar-refractivity contribution in [2.24, 2.45) is 46.3 Å². The molecule has 29 heavy (non-hydrogen) atoms. The number of esters is 1. The first-order valence-corrected chi connectivity index (χ1v) is 12.1. The minimum atomic E-state index is -0.255. The Morgan fingerprint density at radius 1 is 1.00 bits per heavy atom. The highest BCUT2D eigenvalue weighted by atomic mass is 16.5. The molecule has 4 aliphatic carbocycles. The highest BCUT2D eigenvalue weighted by molar-refractivity contribution is 5.69. The number of fused-ring (bicyclic) bond motifs is 5. The molecule has 10 atom stereocenters. The molecule has 4 rings (SSSR count). The summed E-state index contributed by atoms with van der Waals surface area (Å²) in [5, 5.41) is 21.3. The maximum Gasteiger partial charge on any atom is 0.305 e. The lowest BCUT2D eigenvalue weighted by atomic mass is 9.44. The average molecular weight is 407 g/mol. The van der Waals surface area contributed by atoms with Crippen LogP contribution in [0.3, 0.4) is 0 Å². The van der Waals surface area contributed by atoms with Gasteiger partial charge in [-0.3, -0.25) is 4.79 Å². The van der Waals surface area contributed by atoms with Gasteiger partial charge < -0.3 is 14.9 Å². The lowest BCUT2D eigenvalue weighted by Crippen LogP contribution is -2.58. The Balaban J connectivity index is 1.52. The van der Waals surface area contributed by atoms with E-state index in [1.165, 1.54) is 32.8 Å². The van der Waals surface area contributed by atoms with Gasteiger partial charge in [0.25, 0.3) is 0 Å². The number of ether oxygens (including phenoxy) is 1. The highest BCUT2D eigenvalue weighted by Gasteiger charge is 2.62. The van der Waals surface area contributed by atoms with Gasteiger partial charge in [0, 0.05) is 6.42 Å². The van der Waals surface area contributed by atoms with Crippen LogP contribution in [0.2, 0.25) is 0 Å². The topological polar surface area (TPSA) is 66.8 Å². The van der Waals surface area contributed by atoms with E-state index in [1.54, 1.807) is 0 Å². The molecule has 0 radical (unpaired) electrons. The maximum atomic E-state index is 11.6. The van der Waals surface area contributed by atoms with Crippen LogP contribution in [-0.4, -0.2) is 35.5 Å². The lowest BCUT2D eigenvalue weighted by molar-refractivity contribution is -0.172. The van der Waals surface area contributed by atoms with Crippen LogP contribution in [0.5, 0.6) is 0 Å². The second-order valence-corrected chi connectivity index (χ2v) is 11.5. The summed E-state index contributed by atoms with van der Waals surface area (Å²) in [4.78, 5) is 11.6. The molecule has 4 fully saturated rings. The molecular formula is C25H42O4. The largest absolute Gasteiger partial charge is 0.469 e. The van der Waals surface area contributed by atoms with Crippen molar-refractivity contribution in [3.05, 3.63) is 0 Å². The van der Waals surface area contributed by atoms with Crippen LogP contribution in [0.1, 0.15) is 85.0 Å². The summed E-state index contributed by atoms with van der Waals surface area (Å²) in [5.41, 5.74) is 0.533. The fourth-order valence-electron chi connectivity index (χ4n) is 8.90. The summed E-state index contributed by atoms with van der Waals surface area (Å²) in [7, 11) is 1.48. The van der Waals surface area contributed by atoms with E-state index in [0.717, 1.165) is 32.1 Å². The van der Waals surface area contributed by atoms with E-state index >= 15 is 0 Å². The fraction of sp³-hybridized carbons (Fsp3) is 0.960. The summed E-state index contributed by atoms with van der Waals surface area (Å²) in [5.74, 6) is 3.42. The molecule has 0 bridgehead atoms. The molecular weight excluding hydrogens is 364 g/mol. The molecule has 0 unspecified atom stereocenters. The molecule has 0 aliphatic heterocycles. The second-order valence-electron chi connectivity index (χ2n) is 11.5. The number of carbonyl (C=O) groups excluding carboxylic acids is 1. The predicted molar refractivity (Wildman–Crippen MR) is 113 cm³/mol. The van der Waals surface area contributed by atoms with Crippen molar-refractivity contribution in [3.8, 4) is 0 Å². The SMILES string of the molecule is COC(=O)CC[C@@H](C)[C@H]1CC[C@H]2[C@@H]3C[C@H](O)[C@H]4C[C@H](O)CC[C@]4(C)[C@H]3CC[C@]12C. The molecule has 166 valence electrons. The van der Waals surface area contributed by atoms with Crippen molar-refractivity contribution in [1.82, 2.24) is 0 Å². The maximum absolute atomic E-state index is 11.6. The Bertz CT molecular complexity index is 620. The van der Waals surface area contributed by atoms with Crippen LogP contribution in [0.25, 0.3) is 0 Å². The summed E-state index contributed by atoms with van der Waals surface area (Å²) >= 11 is 0. The Hall–Kier alpha value is -0.610. The number of methoxy groups -OCH3 is 1. The summed E-state index contributed by atoms with van der Waals surface area (Å²) < 4.78 is 4.86. The van der Waals surface area contributed by atoms with Crippen molar-refractivity contribution in [3.63, 3.8) is 0 Å². The van der Waals surface area contributed by atoms with Gasteiger partial charge in [-0.2, -0.15) is 0 Å². The van der Waals surface area contributed by atoms with Crippen LogP contribution >= 0.6 is 0 Å². The number of aliphatic hydroxyl groups excluding tert-OH is 2. The van der Waals surface area contributed by atoms with E-state index in [-0.39, 0.29) is 29.5 Å². The second kappa shape index (κ2) is 7.82. The molecule has 4 aliphatic rings. The quantitative estimate of drug-likeness (QED) is 0.671. The molecule has 2 N–H and O–H groups in total. The van der Waals surface area contributed by atoms with Gasteiger partial charge in [0.2, 0.25) is 0 Å². The van der Waals surface area contributed by atoms with Gasteiger partial charge in [0.15, 0.2) is 0 Å². The van der Waals surface area contributed by atoms with Crippen molar-refractivity contribution in [2.75, 3.05) is 7.11 Å². The van der Waals surface area contributed by atoms with Crippen LogP contribution in [0, 0.1) is 46.3 Å². The van der Waals surface area contributed by atoms with Gasteiger partial charge in [0.05, 0.1) is 19.3 Å². The van der Waals surface area contributed by atoms with Gasteiger partial charge in [-0.05, 0) is 104 Å². The normalized spacial score (nSPS) is 50.2. The third-order valence-corrected chi connectivity index (χ3v) is 10.4. The zero-order chi connectivity index (χ0) is 21.0. The number of hydrogen-bond acceptors (Lipinski definition) is 4. The molecule has 0 saturated heterocycles. The monoisotopic (exact) mass is 406 g/mol. The molecule has 0 heterocycles. The van der Waals surface area contributed by atoms with Crippen LogP contribution < -0.4 is 0 Å². The molecule has 0 spiro atoms. The molecule has 0 amide bonds. The third kappa shape index (κ3) is 3.46. The predicted octanol–water partition coefficient (Wildman–Crippen LogP) is 4.57. The van der Waals surface area contributed by atoms with Gasteiger partial charge in [-0.1, -0.05) is 20.8 Å². The standard InChI is InChI=1S/C25H42O4/c1-15(5-8-23(28)29-4)18-6-7-19-17-14-22(27)21-13-16(26)9-11-25(21,3)20(17)10-12-24(18,19)2/h15-22,26-27H,5-14H2,1-4H3/t15-,16-,17+,18-,19+,20+,21-,22+,24-,25-/m1/s1. The zero-order valence-electron chi connectivity index (χ0n) is 18.9. The van der Waals surface area contributed by atoms with E-state index in [2.05, 4.69) is 20.8 Å². The summed E-state index contributed by atoms with van der Waals surface area (Å²) in [6.45, 7) is 7.28. The number of hydrogen-bond donors (Lipinski definition) is 2. The van der Waals surface area contributed by atoms with E-state index < -0.39 is 0 Å². The zero-order valence-corrected chi connectivity index (χ0v) is 18.9. The first-order valence-electron chi connectivity index (χ1n) is 12.1.